The van der Waals surface area contributed by atoms with Crippen molar-refractivity contribution in [2.45, 2.75) is 0 Å². The molecule has 0 unspecified atom stereocenters. The van der Waals surface area contributed by atoms with Crippen molar-refractivity contribution in [2.75, 3.05) is 11.9 Å². The van der Waals surface area contributed by atoms with Gasteiger partial charge in [0.25, 0.3) is 5.91 Å². The molecule has 3 N–H and O–H groups in total. The van der Waals surface area contributed by atoms with Crippen LogP contribution < -0.4 is 11.1 Å². The number of carbonyl (C=O) groups excluding carboxylic acids is 3. The van der Waals surface area contributed by atoms with Crippen molar-refractivity contribution in [2.24, 2.45) is 5.73 Å². The third kappa shape index (κ3) is 5.15. The number of ether oxygens (including phenoxy) is 1. The minimum atomic E-state index is -0.574. The number of amides is 2. The molecular formula is C20H16N2O4S2. The fourth-order valence-corrected chi connectivity index (χ4v) is 3.69. The molecule has 3 rings (SSSR count). The summed E-state index contributed by atoms with van der Waals surface area (Å²) in [6, 6.07) is 13.6. The SMILES string of the molecule is NC(=O)c1ccc(NC(=O)COC(=O)C(=Cc2cccs2)c2cccs2)cc1. The summed E-state index contributed by atoms with van der Waals surface area (Å²) in [5, 5.41) is 6.38. The van der Waals surface area contributed by atoms with Crippen molar-refractivity contribution in [1.29, 1.82) is 0 Å². The molecule has 28 heavy (non-hydrogen) atoms. The first-order valence-corrected chi connectivity index (χ1v) is 9.95. The first-order chi connectivity index (χ1) is 13.5. The standard InChI is InChI=1S/C20H16N2O4S2/c21-19(24)13-5-7-14(8-6-13)22-18(23)12-26-20(25)16(17-4-2-10-28-17)11-15-3-1-9-27-15/h1-11H,12H2,(H2,21,24)(H,22,23). The minimum Gasteiger partial charge on any atom is -0.452 e. The molecule has 0 bridgehead atoms. The first kappa shape index (κ1) is 19.5. The zero-order valence-electron chi connectivity index (χ0n) is 14.6. The molecule has 0 fully saturated rings. The average Bonchev–Trinajstić information content (AvgIpc) is 3.38. The Kier molecular flexibility index (Phi) is 6.36. The van der Waals surface area contributed by atoms with Crippen molar-refractivity contribution in [1.82, 2.24) is 0 Å². The zero-order chi connectivity index (χ0) is 19.9. The number of hydrogen-bond acceptors (Lipinski definition) is 6. The molecule has 8 heteroatoms. The van der Waals surface area contributed by atoms with E-state index < -0.39 is 24.4 Å². The highest BCUT2D eigenvalue weighted by Crippen LogP contribution is 2.25. The predicted molar refractivity (Wildman–Crippen MR) is 111 cm³/mol. The lowest BCUT2D eigenvalue weighted by Crippen LogP contribution is -2.21. The van der Waals surface area contributed by atoms with Crippen molar-refractivity contribution in [3.63, 3.8) is 0 Å². The van der Waals surface area contributed by atoms with Gasteiger partial charge in [-0.1, -0.05) is 12.1 Å². The minimum absolute atomic E-state index is 0.337. The van der Waals surface area contributed by atoms with Crippen molar-refractivity contribution >= 4 is 57.8 Å². The van der Waals surface area contributed by atoms with Crippen LogP contribution in [0, 0.1) is 0 Å². The van der Waals surface area contributed by atoms with Crippen molar-refractivity contribution in [3.05, 3.63) is 74.6 Å². The summed E-state index contributed by atoms with van der Waals surface area (Å²) < 4.78 is 5.19. The molecule has 2 amide bonds. The van der Waals surface area contributed by atoms with E-state index in [1.807, 2.05) is 35.0 Å². The number of primary amides is 1. The number of anilines is 1. The van der Waals surface area contributed by atoms with Crippen LogP contribution in [0.3, 0.4) is 0 Å². The smallest absolute Gasteiger partial charge is 0.340 e. The zero-order valence-corrected chi connectivity index (χ0v) is 16.2. The Hall–Kier alpha value is -3.23. The number of benzene rings is 1. The predicted octanol–water partition coefficient (Wildman–Crippen LogP) is 3.63. The quantitative estimate of drug-likeness (QED) is 0.457. The number of thiophene rings is 2. The molecule has 3 aromatic rings. The van der Waals surface area contributed by atoms with Crippen LogP contribution >= 0.6 is 22.7 Å². The Bertz CT molecular complexity index is 992. The highest BCUT2D eigenvalue weighted by atomic mass is 32.1. The molecule has 0 aliphatic rings. The fraction of sp³-hybridized carbons (Fsp3) is 0.0500. The molecule has 6 nitrogen and oxygen atoms in total. The largest absolute Gasteiger partial charge is 0.452 e. The van der Waals surface area contributed by atoms with E-state index in [2.05, 4.69) is 5.32 Å². The molecule has 0 atom stereocenters. The molecule has 0 aliphatic carbocycles. The molecule has 2 aromatic heterocycles. The van der Waals surface area contributed by atoms with Gasteiger partial charge >= 0.3 is 5.97 Å². The molecule has 0 saturated carbocycles. The summed E-state index contributed by atoms with van der Waals surface area (Å²) in [5.74, 6) is -1.61. The van der Waals surface area contributed by atoms with E-state index in [-0.39, 0.29) is 0 Å². The van der Waals surface area contributed by atoms with Crippen LogP contribution in [0.15, 0.2) is 59.3 Å². The van der Waals surface area contributed by atoms with Crippen LogP contribution in [0.2, 0.25) is 0 Å². The van der Waals surface area contributed by atoms with E-state index in [0.29, 0.717) is 16.8 Å². The maximum absolute atomic E-state index is 12.5. The first-order valence-electron chi connectivity index (χ1n) is 8.19. The molecule has 0 saturated heterocycles. The molecule has 0 spiro atoms. The lowest BCUT2D eigenvalue weighted by Gasteiger charge is -2.08. The van der Waals surface area contributed by atoms with Crippen LogP contribution in [-0.4, -0.2) is 24.4 Å². The number of esters is 1. The monoisotopic (exact) mass is 412 g/mol. The Morgan fingerprint density at radius 3 is 2.32 bits per heavy atom. The average molecular weight is 412 g/mol. The normalized spacial score (nSPS) is 11.1. The van der Waals surface area contributed by atoms with Gasteiger partial charge in [0.1, 0.15) is 0 Å². The van der Waals surface area contributed by atoms with Gasteiger partial charge in [-0.3, -0.25) is 9.59 Å². The fourth-order valence-electron chi connectivity index (χ4n) is 2.30. The third-order valence-electron chi connectivity index (χ3n) is 3.62. The number of nitrogens with one attached hydrogen (secondary N) is 1. The summed E-state index contributed by atoms with van der Waals surface area (Å²) in [4.78, 5) is 37.3. The Morgan fingerprint density at radius 1 is 1.00 bits per heavy atom. The second kappa shape index (κ2) is 9.12. The highest BCUT2D eigenvalue weighted by molar-refractivity contribution is 7.12. The van der Waals surface area contributed by atoms with Crippen LogP contribution in [0.25, 0.3) is 11.6 Å². The van der Waals surface area contributed by atoms with Crippen molar-refractivity contribution < 1.29 is 19.1 Å². The van der Waals surface area contributed by atoms with E-state index in [9.17, 15) is 14.4 Å². The van der Waals surface area contributed by atoms with Gasteiger partial charge in [0.05, 0.1) is 5.57 Å². The topological polar surface area (TPSA) is 98.5 Å². The Balaban J connectivity index is 1.62. The van der Waals surface area contributed by atoms with Gasteiger partial charge in [-0.15, -0.1) is 22.7 Å². The van der Waals surface area contributed by atoms with E-state index in [4.69, 9.17) is 10.5 Å². The van der Waals surface area contributed by atoms with E-state index in [1.165, 1.54) is 34.8 Å². The highest BCUT2D eigenvalue weighted by Gasteiger charge is 2.17. The van der Waals surface area contributed by atoms with Gasteiger partial charge in [0, 0.05) is 21.0 Å². The second-order valence-corrected chi connectivity index (χ2v) is 7.54. The summed E-state index contributed by atoms with van der Waals surface area (Å²) in [6.45, 7) is -0.427. The molecule has 142 valence electrons. The van der Waals surface area contributed by atoms with E-state index in [1.54, 1.807) is 18.2 Å². The summed E-state index contributed by atoms with van der Waals surface area (Å²) in [5.41, 5.74) is 6.38. The van der Waals surface area contributed by atoms with Gasteiger partial charge < -0.3 is 15.8 Å². The Morgan fingerprint density at radius 2 is 1.71 bits per heavy atom. The maximum Gasteiger partial charge on any atom is 0.340 e. The lowest BCUT2D eigenvalue weighted by molar-refractivity contribution is -0.141. The number of rotatable bonds is 7. The van der Waals surface area contributed by atoms with E-state index in [0.717, 1.165) is 9.75 Å². The Labute approximate surface area is 169 Å². The number of nitrogens with two attached hydrogens (primary N) is 1. The summed E-state index contributed by atoms with van der Waals surface area (Å²) in [6.07, 6.45) is 1.75. The molecule has 2 heterocycles. The molecule has 1 aromatic carbocycles. The number of carbonyl (C=O) groups is 3. The van der Waals surface area contributed by atoms with Gasteiger partial charge in [0.15, 0.2) is 6.61 Å². The van der Waals surface area contributed by atoms with Crippen molar-refractivity contribution in [3.8, 4) is 0 Å². The van der Waals surface area contributed by atoms with Crippen LogP contribution in [0.1, 0.15) is 20.1 Å². The van der Waals surface area contributed by atoms with E-state index >= 15 is 0 Å². The third-order valence-corrected chi connectivity index (χ3v) is 5.35. The van der Waals surface area contributed by atoms with Gasteiger partial charge in [0.2, 0.25) is 5.91 Å². The van der Waals surface area contributed by atoms with Gasteiger partial charge in [-0.2, -0.15) is 0 Å². The van der Waals surface area contributed by atoms with Crippen LogP contribution in [-0.2, 0) is 14.3 Å². The molecular weight excluding hydrogens is 396 g/mol. The summed E-state index contributed by atoms with van der Waals surface area (Å²) in [7, 11) is 0. The van der Waals surface area contributed by atoms with Gasteiger partial charge in [-0.05, 0) is 53.2 Å². The van der Waals surface area contributed by atoms with Crippen LogP contribution in [0.5, 0.6) is 0 Å². The summed E-state index contributed by atoms with van der Waals surface area (Å²) >= 11 is 2.92. The number of hydrogen-bond donors (Lipinski definition) is 2. The second-order valence-electron chi connectivity index (χ2n) is 5.62. The maximum atomic E-state index is 12.5. The molecule has 0 aliphatic heterocycles. The van der Waals surface area contributed by atoms with Crippen LogP contribution in [0.4, 0.5) is 5.69 Å². The molecule has 0 radical (unpaired) electrons. The lowest BCUT2D eigenvalue weighted by atomic mass is 10.2. The van der Waals surface area contributed by atoms with Gasteiger partial charge in [-0.25, -0.2) is 4.79 Å².